The van der Waals surface area contributed by atoms with Gasteiger partial charge in [0.15, 0.2) is 12.2 Å². The summed E-state index contributed by atoms with van der Waals surface area (Å²) >= 11 is 0. The molecule has 17 nitrogen and oxygen atoms in total. The summed E-state index contributed by atoms with van der Waals surface area (Å²) in [4.78, 5) is 72.6. The maximum Gasteiger partial charge on any atom is 0.472 e. The summed E-state index contributed by atoms with van der Waals surface area (Å²) in [5.74, 6) is 0.884. The van der Waals surface area contributed by atoms with E-state index in [0.717, 1.165) is 114 Å². The number of carbonyl (C=O) groups excluding carboxylic acids is 4. The van der Waals surface area contributed by atoms with Crippen molar-refractivity contribution in [3.63, 3.8) is 0 Å². The molecule has 3 N–H and O–H groups in total. The monoisotopic (exact) mass is 1340 g/mol. The SMILES string of the molecule is CCC(C)CCCCCCCCCCC(=O)O[C@H](COC(=O)CCCCCCCCCCC(C)C)COP(=O)(O)OCC(O)COP(=O)(O)OC[C@@H](COC(=O)CCCCCCCCCCCCCCCCC(C)C)OC(=O)CCCCCCCCCCC(C)C. The molecule has 91 heavy (non-hydrogen) atoms. The molecule has 4 unspecified atom stereocenters. The zero-order valence-electron chi connectivity index (χ0n) is 59.5. The Morgan fingerprint density at radius 1 is 0.308 bits per heavy atom. The molecular weight excluding hydrogens is 1200 g/mol. The zero-order valence-corrected chi connectivity index (χ0v) is 61.3. The number of ether oxygens (including phenoxy) is 4. The number of aliphatic hydroxyl groups excluding tert-OH is 1. The van der Waals surface area contributed by atoms with Crippen LogP contribution in [0.15, 0.2) is 0 Å². The molecule has 0 fully saturated rings. The highest BCUT2D eigenvalue weighted by Crippen LogP contribution is 2.45. The third kappa shape index (κ3) is 65.1. The highest BCUT2D eigenvalue weighted by atomic mass is 31.2. The van der Waals surface area contributed by atoms with Gasteiger partial charge in [0.05, 0.1) is 26.4 Å². The smallest absolute Gasteiger partial charge is 0.462 e. The first kappa shape index (κ1) is 89.1. The molecule has 0 bridgehead atoms. The van der Waals surface area contributed by atoms with Crippen molar-refractivity contribution in [2.45, 2.75) is 375 Å². The van der Waals surface area contributed by atoms with Crippen LogP contribution in [-0.2, 0) is 65.4 Å². The van der Waals surface area contributed by atoms with Crippen LogP contribution in [0.5, 0.6) is 0 Å². The molecule has 540 valence electrons. The second-order valence-corrected chi connectivity index (χ2v) is 30.6. The lowest BCUT2D eigenvalue weighted by molar-refractivity contribution is -0.161. The van der Waals surface area contributed by atoms with Crippen molar-refractivity contribution in [1.82, 2.24) is 0 Å². The van der Waals surface area contributed by atoms with Gasteiger partial charge in [-0.1, -0.05) is 306 Å². The minimum Gasteiger partial charge on any atom is -0.462 e. The Hall–Kier alpha value is -1.94. The van der Waals surface area contributed by atoms with E-state index in [-0.39, 0.29) is 25.7 Å². The van der Waals surface area contributed by atoms with Gasteiger partial charge in [-0.05, 0) is 49.4 Å². The van der Waals surface area contributed by atoms with E-state index >= 15 is 0 Å². The normalized spacial score (nSPS) is 14.5. The molecule has 0 aliphatic carbocycles. The van der Waals surface area contributed by atoms with Gasteiger partial charge in [0, 0.05) is 25.7 Å². The Morgan fingerprint density at radius 3 is 0.780 bits per heavy atom. The van der Waals surface area contributed by atoms with Gasteiger partial charge in [-0.2, -0.15) is 0 Å². The molecule has 0 radical (unpaired) electrons. The summed E-state index contributed by atoms with van der Waals surface area (Å²) in [7, 11) is -9.91. The summed E-state index contributed by atoms with van der Waals surface area (Å²) in [6, 6.07) is 0. The van der Waals surface area contributed by atoms with E-state index in [1.807, 2.05) is 0 Å². The molecule has 0 aromatic rings. The first-order chi connectivity index (χ1) is 43.6. The lowest BCUT2D eigenvalue weighted by Gasteiger charge is -2.21. The van der Waals surface area contributed by atoms with E-state index in [2.05, 4.69) is 55.4 Å². The van der Waals surface area contributed by atoms with Crippen molar-refractivity contribution in [2.75, 3.05) is 39.6 Å². The number of esters is 4. The van der Waals surface area contributed by atoms with Crippen molar-refractivity contribution < 1.29 is 80.2 Å². The summed E-state index contributed by atoms with van der Waals surface area (Å²) in [5, 5.41) is 10.6. The van der Waals surface area contributed by atoms with E-state index in [0.29, 0.717) is 25.7 Å². The Kier molecular flexibility index (Phi) is 60.3. The number of phosphoric acid groups is 2. The molecule has 0 heterocycles. The van der Waals surface area contributed by atoms with Crippen LogP contribution in [0.3, 0.4) is 0 Å². The van der Waals surface area contributed by atoms with Crippen molar-refractivity contribution in [3.8, 4) is 0 Å². The lowest BCUT2D eigenvalue weighted by atomic mass is 9.99. The second kappa shape index (κ2) is 61.6. The Bertz CT molecular complexity index is 1800. The van der Waals surface area contributed by atoms with Crippen LogP contribution in [-0.4, -0.2) is 96.7 Å². The number of rotatable bonds is 69. The maximum atomic E-state index is 13.0. The van der Waals surface area contributed by atoms with E-state index in [1.165, 1.54) is 161 Å². The summed E-state index contributed by atoms with van der Waals surface area (Å²) in [6.45, 7) is 14.1. The molecule has 0 saturated carbocycles. The van der Waals surface area contributed by atoms with Crippen LogP contribution in [0, 0.1) is 23.7 Å². The standard InChI is InChI=1S/C72H140O17P2/c1-9-65(8)51-43-35-27-20-23-31-39-47-55-72(77)89-68(59-83-70(75)53-45-37-29-21-18-25-33-41-49-63(4)5)61-87-91(80,81)85-57-66(73)56-84-90(78,79)86-60-67(88-71(76)54-46-38-30-22-19-26-34-42-50-64(6)7)58-82-69(74)52-44-36-28-17-15-13-11-10-12-14-16-24-32-40-48-62(2)3/h62-68,73H,9-61H2,1-8H3,(H,78,79)(H,80,81)/t65?,66?,67-,68-/m1/s1. The van der Waals surface area contributed by atoms with E-state index < -0.39 is 97.5 Å². The highest BCUT2D eigenvalue weighted by molar-refractivity contribution is 7.47. The van der Waals surface area contributed by atoms with Gasteiger partial charge in [0.2, 0.25) is 0 Å². The number of phosphoric ester groups is 2. The van der Waals surface area contributed by atoms with Crippen LogP contribution in [0.1, 0.15) is 357 Å². The molecule has 6 atom stereocenters. The summed E-state index contributed by atoms with van der Waals surface area (Å²) in [6.07, 6.45) is 44.5. The van der Waals surface area contributed by atoms with Gasteiger partial charge in [-0.25, -0.2) is 9.13 Å². The molecule has 0 aliphatic heterocycles. The van der Waals surface area contributed by atoms with Gasteiger partial charge < -0.3 is 33.8 Å². The first-order valence-electron chi connectivity index (χ1n) is 37.2. The molecule has 19 heteroatoms. The number of unbranched alkanes of at least 4 members (excludes halogenated alkanes) is 34. The minimum atomic E-state index is -4.95. The third-order valence-electron chi connectivity index (χ3n) is 16.9. The second-order valence-electron chi connectivity index (χ2n) is 27.6. The predicted molar refractivity (Wildman–Crippen MR) is 367 cm³/mol. The van der Waals surface area contributed by atoms with Gasteiger partial charge in [-0.3, -0.25) is 37.3 Å². The lowest BCUT2D eigenvalue weighted by Crippen LogP contribution is -2.30. The van der Waals surface area contributed by atoms with Crippen LogP contribution < -0.4 is 0 Å². The van der Waals surface area contributed by atoms with Gasteiger partial charge in [0.25, 0.3) is 0 Å². The van der Waals surface area contributed by atoms with Crippen molar-refractivity contribution in [1.29, 1.82) is 0 Å². The number of hydrogen-bond acceptors (Lipinski definition) is 15. The number of aliphatic hydroxyl groups is 1. The summed E-state index contributed by atoms with van der Waals surface area (Å²) < 4.78 is 68.3. The molecule has 0 amide bonds. The minimum absolute atomic E-state index is 0.104. The summed E-state index contributed by atoms with van der Waals surface area (Å²) in [5.41, 5.74) is 0. The van der Waals surface area contributed by atoms with Crippen LogP contribution >= 0.6 is 15.6 Å². The Labute approximate surface area is 556 Å². The molecule has 0 aliphatic rings. The zero-order chi connectivity index (χ0) is 67.5. The van der Waals surface area contributed by atoms with Crippen molar-refractivity contribution in [3.05, 3.63) is 0 Å². The van der Waals surface area contributed by atoms with Gasteiger partial charge in [0.1, 0.15) is 19.3 Å². The number of carbonyl (C=O) groups is 4. The predicted octanol–water partition coefficient (Wildman–Crippen LogP) is 20.5. The fourth-order valence-electron chi connectivity index (χ4n) is 10.8. The first-order valence-corrected chi connectivity index (χ1v) is 40.2. The van der Waals surface area contributed by atoms with Crippen molar-refractivity contribution >= 4 is 39.5 Å². The number of hydrogen-bond donors (Lipinski definition) is 3. The van der Waals surface area contributed by atoms with Gasteiger partial charge in [-0.15, -0.1) is 0 Å². The molecule has 0 aromatic carbocycles. The van der Waals surface area contributed by atoms with E-state index in [1.54, 1.807) is 0 Å². The molecular formula is C72H140O17P2. The topological polar surface area (TPSA) is 237 Å². The average molecular weight is 1340 g/mol. The van der Waals surface area contributed by atoms with E-state index in [4.69, 9.17) is 37.0 Å². The average Bonchev–Trinajstić information content (AvgIpc) is 3.53. The molecule has 0 saturated heterocycles. The maximum absolute atomic E-state index is 13.0. The highest BCUT2D eigenvalue weighted by Gasteiger charge is 2.30. The fraction of sp³-hybridized carbons (Fsp3) is 0.944. The largest absolute Gasteiger partial charge is 0.472 e. The quantitative estimate of drug-likeness (QED) is 0.0222. The van der Waals surface area contributed by atoms with Gasteiger partial charge >= 0.3 is 39.5 Å². The third-order valence-corrected chi connectivity index (χ3v) is 18.8. The molecule has 0 spiro atoms. The molecule has 0 rings (SSSR count). The van der Waals surface area contributed by atoms with E-state index in [9.17, 15) is 43.2 Å². The van der Waals surface area contributed by atoms with Crippen molar-refractivity contribution in [2.24, 2.45) is 23.7 Å². The Balaban J connectivity index is 5.23. The van der Waals surface area contributed by atoms with Crippen LogP contribution in [0.25, 0.3) is 0 Å². The van der Waals surface area contributed by atoms with Crippen LogP contribution in [0.4, 0.5) is 0 Å². The fourth-order valence-corrected chi connectivity index (χ4v) is 12.4. The molecule has 0 aromatic heterocycles. The van der Waals surface area contributed by atoms with Crippen LogP contribution in [0.2, 0.25) is 0 Å². The Morgan fingerprint density at radius 2 is 0.527 bits per heavy atom.